The molecule has 0 aromatic heterocycles. The lowest BCUT2D eigenvalue weighted by Gasteiger charge is -2.19. The van der Waals surface area contributed by atoms with E-state index >= 15 is 0 Å². The van der Waals surface area contributed by atoms with Crippen LogP contribution in [-0.4, -0.2) is 44.4 Å². The summed E-state index contributed by atoms with van der Waals surface area (Å²) in [5, 5.41) is 10.9. The standard InChI is InChI=1S/C14H20FN3O4S/c1-9-13(15)7-12(8-14(9)18(19)20)23(21,22)16-10-4-5-11(6-10)17(2)3/h7-8,10-11,16H,4-6H2,1-3H3/t10-,11-/m0/s1. The van der Waals surface area contributed by atoms with E-state index in [1.54, 1.807) is 0 Å². The van der Waals surface area contributed by atoms with Crippen molar-refractivity contribution in [3.8, 4) is 0 Å². The number of nitrogens with one attached hydrogen (secondary N) is 1. The van der Waals surface area contributed by atoms with Gasteiger partial charge in [-0.1, -0.05) is 0 Å². The fourth-order valence-corrected chi connectivity index (χ4v) is 4.12. The van der Waals surface area contributed by atoms with Crippen molar-refractivity contribution in [3.63, 3.8) is 0 Å². The lowest BCUT2D eigenvalue weighted by Crippen LogP contribution is -2.35. The van der Waals surface area contributed by atoms with Crippen LogP contribution in [0, 0.1) is 22.9 Å². The fraction of sp³-hybridized carbons (Fsp3) is 0.571. The van der Waals surface area contributed by atoms with Crippen molar-refractivity contribution in [2.75, 3.05) is 14.1 Å². The predicted octanol–water partition coefficient (Wildman–Crippen LogP) is 1.80. The van der Waals surface area contributed by atoms with Crippen LogP contribution in [0.5, 0.6) is 0 Å². The summed E-state index contributed by atoms with van der Waals surface area (Å²) in [6.07, 6.45) is 2.20. The van der Waals surface area contributed by atoms with Crippen LogP contribution in [-0.2, 0) is 10.0 Å². The van der Waals surface area contributed by atoms with Crippen LogP contribution in [0.1, 0.15) is 24.8 Å². The molecular weight excluding hydrogens is 325 g/mol. The molecule has 128 valence electrons. The molecule has 0 radical (unpaired) electrons. The number of rotatable bonds is 5. The Hall–Kier alpha value is -1.58. The van der Waals surface area contributed by atoms with Crippen molar-refractivity contribution in [3.05, 3.63) is 33.6 Å². The van der Waals surface area contributed by atoms with E-state index in [-0.39, 0.29) is 17.6 Å². The molecule has 0 unspecified atom stereocenters. The molecule has 0 spiro atoms. The zero-order chi connectivity index (χ0) is 17.4. The Balaban J connectivity index is 2.25. The number of sulfonamides is 1. The predicted molar refractivity (Wildman–Crippen MR) is 83.2 cm³/mol. The Bertz CT molecular complexity index is 721. The molecule has 1 aliphatic carbocycles. The Morgan fingerprint density at radius 3 is 2.52 bits per heavy atom. The first-order valence-electron chi connectivity index (χ1n) is 7.25. The third kappa shape index (κ3) is 3.85. The number of hydrogen-bond donors (Lipinski definition) is 1. The van der Waals surface area contributed by atoms with E-state index in [2.05, 4.69) is 4.72 Å². The Morgan fingerprint density at radius 2 is 2.00 bits per heavy atom. The van der Waals surface area contributed by atoms with E-state index in [4.69, 9.17) is 0 Å². The minimum atomic E-state index is -4.00. The van der Waals surface area contributed by atoms with Crippen molar-refractivity contribution >= 4 is 15.7 Å². The van der Waals surface area contributed by atoms with E-state index in [1.807, 2.05) is 19.0 Å². The van der Waals surface area contributed by atoms with Gasteiger partial charge in [0.05, 0.1) is 15.4 Å². The summed E-state index contributed by atoms with van der Waals surface area (Å²) in [4.78, 5) is 11.8. The summed E-state index contributed by atoms with van der Waals surface area (Å²) in [7, 11) is -0.139. The molecule has 0 aliphatic heterocycles. The molecule has 0 bridgehead atoms. The average molecular weight is 345 g/mol. The van der Waals surface area contributed by atoms with Gasteiger partial charge in [-0.05, 0) is 46.3 Å². The first kappa shape index (κ1) is 17.8. The highest BCUT2D eigenvalue weighted by molar-refractivity contribution is 7.89. The summed E-state index contributed by atoms with van der Waals surface area (Å²) >= 11 is 0. The molecule has 1 N–H and O–H groups in total. The minimum Gasteiger partial charge on any atom is -0.306 e. The van der Waals surface area contributed by atoms with Gasteiger partial charge in [0, 0.05) is 18.2 Å². The number of halogens is 1. The monoisotopic (exact) mass is 345 g/mol. The summed E-state index contributed by atoms with van der Waals surface area (Å²) in [5.41, 5.74) is -0.717. The van der Waals surface area contributed by atoms with Gasteiger partial charge in [-0.15, -0.1) is 0 Å². The van der Waals surface area contributed by atoms with Gasteiger partial charge in [-0.3, -0.25) is 10.1 Å². The first-order valence-corrected chi connectivity index (χ1v) is 8.73. The zero-order valence-corrected chi connectivity index (χ0v) is 14.1. The quantitative estimate of drug-likeness (QED) is 0.649. The third-order valence-corrected chi connectivity index (χ3v) is 5.75. The van der Waals surface area contributed by atoms with Crippen molar-refractivity contribution in [2.45, 2.75) is 43.2 Å². The summed E-state index contributed by atoms with van der Waals surface area (Å²) in [6, 6.07) is 1.75. The highest BCUT2D eigenvalue weighted by Gasteiger charge is 2.31. The van der Waals surface area contributed by atoms with E-state index < -0.39 is 31.3 Å². The van der Waals surface area contributed by atoms with Gasteiger partial charge in [0.2, 0.25) is 10.0 Å². The molecular formula is C14H20FN3O4S. The average Bonchev–Trinajstić information content (AvgIpc) is 2.89. The molecule has 1 fully saturated rings. The van der Waals surface area contributed by atoms with Crippen LogP contribution in [0.25, 0.3) is 0 Å². The van der Waals surface area contributed by atoms with Crippen molar-refractivity contribution < 1.29 is 17.7 Å². The number of nitrogens with zero attached hydrogens (tertiary/aromatic N) is 2. The topological polar surface area (TPSA) is 92.6 Å². The van der Waals surface area contributed by atoms with Gasteiger partial charge in [-0.2, -0.15) is 0 Å². The van der Waals surface area contributed by atoms with Gasteiger partial charge < -0.3 is 4.90 Å². The maximum atomic E-state index is 13.8. The number of benzene rings is 1. The lowest BCUT2D eigenvalue weighted by atomic mass is 10.2. The molecule has 1 aromatic rings. The van der Waals surface area contributed by atoms with Gasteiger partial charge in [0.25, 0.3) is 5.69 Å². The summed E-state index contributed by atoms with van der Waals surface area (Å²) < 4.78 is 41.1. The van der Waals surface area contributed by atoms with E-state index in [0.29, 0.717) is 12.8 Å². The largest absolute Gasteiger partial charge is 0.306 e. The fourth-order valence-electron chi connectivity index (χ4n) is 2.81. The number of nitro benzene ring substituents is 1. The molecule has 2 atom stereocenters. The molecule has 7 nitrogen and oxygen atoms in total. The van der Waals surface area contributed by atoms with E-state index in [1.165, 1.54) is 6.92 Å². The van der Waals surface area contributed by atoms with Crippen molar-refractivity contribution in [1.29, 1.82) is 0 Å². The highest BCUT2D eigenvalue weighted by atomic mass is 32.2. The van der Waals surface area contributed by atoms with Gasteiger partial charge in [0.1, 0.15) is 5.82 Å². The van der Waals surface area contributed by atoms with Crippen LogP contribution in [0.2, 0.25) is 0 Å². The third-order valence-electron chi connectivity index (χ3n) is 4.25. The van der Waals surface area contributed by atoms with Gasteiger partial charge in [-0.25, -0.2) is 17.5 Å². The van der Waals surface area contributed by atoms with Crippen LogP contribution in [0.4, 0.5) is 10.1 Å². The van der Waals surface area contributed by atoms with Crippen LogP contribution in [0.15, 0.2) is 17.0 Å². The SMILES string of the molecule is Cc1c(F)cc(S(=O)(=O)N[C@H]2CC[C@H](N(C)C)C2)cc1[N+](=O)[O-]. The molecule has 1 aromatic carbocycles. The normalized spacial score (nSPS) is 21.8. The number of hydrogen-bond acceptors (Lipinski definition) is 5. The second-order valence-electron chi connectivity index (χ2n) is 6.06. The molecule has 23 heavy (non-hydrogen) atoms. The molecule has 2 rings (SSSR count). The van der Waals surface area contributed by atoms with Crippen LogP contribution in [0.3, 0.4) is 0 Å². The number of nitro groups is 1. The Labute approximate surface area is 134 Å². The first-order chi connectivity index (χ1) is 10.6. The minimum absolute atomic E-state index is 0.178. The van der Waals surface area contributed by atoms with Crippen molar-refractivity contribution in [2.24, 2.45) is 0 Å². The van der Waals surface area contributed by atoms with Gasteiger partial charge >= 0.3 is 0 Å². The molecule has 9 heteroatoms. The highest BCUT2D eigenvalue weighted by Crippen LogP contribution is 2.27. The molecule has 1 aliphatic rings. The maximum absolute atomic E-state index is 13.8. The second kappa shape index (κ2) is 6.50. The second-order valence-corrected chi connectivity index (χ2v) is 7.77. The van der Waals surface area contributed by atoms with Crippen LogP contribution < -0.4 is 4.72 Å². The maximum Gasteiger partial charge on any atom is 0.276 e. The lowest BCUT2D eigenvalue weighted by molar-refractivity contribution is -0.385. The Morgan fingerprint density at radius 1 is 1.35 bits per heavy atom. The molecule has 0 saturated heterocycles. The molecule has 1 saturated carbocycles. The van der Waals surface area contributed by atoms with E-state index in [9.17, 15) is 22.9 Å². The van der Waals surface area contributed by atoms with Crippen molar-refractivity contribution in [1.82, 2.24) is 9.62 Å². The van der Waals surface area contributed by atoms with Gasteiger partial charge in [0.15, 0.2) is 0 Å². The summed E-state index contributed by atoms with van der Waals surface area (Å²) in [6.45, 7) is 1.25. The van der Waals surface area contributed by atoms with E-state index in [0.717, 1.165) is 18.6 Å². The smallest absolute Gasteiger partial charge is 0.276 e. The van der Waals surface area contributed by atoms with Crippen LogP contribution >= 0.6 is 0 Å². The molecule has 0 heterocycles. The Kier molecular flexibility index (Phi) is 5.02. The molecule has 0 amide bonds. The zero-order valence-electron chi connectivity index (χ0n) is 13.2. The summed E-state index contributed by atoms with van der Waals surface area (Å²) in [5.74, 6) is -0.905.